The number of nitrogens with zero attached hydrogens (tertiary/aromatic N) is 4. The van der Waals surface area contributed by atoms with Gasteiger partial charge in [0.25, 0.3) is 0 Å². The molecule has 1 aromatic rings. The van der Waals surface area contributed by atoms with Crippen molar-refractivity contribution in [3.05, 3.63) is 5.28 Å². The molecule has 0 atom stereocenters. The van der Waals surface area contributed by atoms with Gasteiger partial charge in [-0.05, 0) is 43.7 Å². The molecule has 5 nitrogen and oxygen atoms in total. The second kappa shape index (κ2) is 7.91. The summed E-state index contributed by atoms with van der Waals surface area (Å²) in [7, 11) is 0. The number of rotatable bonds is 6. The maximum atomic E-state index is 5.98. The summed E-state index contributed by atoms with van der Waals surface area (Å²) in [4.78, 5) is 14.9. The summed E-state index contributed by atoms with van der Waals surface area (Å²) in [6, 6.07) is 0. The van der Waals surface area contributed by atoms with E-state index < -0.39 is 0 Å². The molecule has 2 heterocycles. The van der Waals surface area contributed by atoms with E-state index in [9.17, 15) is 0 Å². The van der Waals surface area contributed by atoms with Crippen molar-refractivity contribution in [1.29, 1.82) is 0 Å². The first-order valence-corrected chi connectivity index (χ1v) is 7.51. The third-order valence-electron chi connectivity index (χ3n) is 3.27. The molecule has 1 aliphatic rings. The first kappa shape index (κ1) is 14.9. The Kier molecular flexibility index (Phi) is 5.87. The van der Waals surface area contributed by atoms with Crippen LogP contribution in [0.4, 0.5) is 11.9 Å². The molecule has 0 aliphatic carbocycles. The smallest absolute Gasteiger partial charge is 0.231 e. The molecule has 0 spiro atoms. The summed E-state index contributed by atoms with van der Waals surface area (Å²) in [5.74, 6) is 3.85. The second-order valence-corrected chi connectivity index (χ2v) is 5.20. The van der Waals surface area contributed by atoms with Crippen molar-refractivity contribution < 1.29 is 0 Å². The summed E-state index contributed by atoms with van der Waals surface area (Å²) in [5, 5.41) is 3.42. The van der Waals surface area contributed by atoms with Crippen molar-refractivity contribution in [3.63, 3.8) is 0 Å². The van der Waals surface area contributed by atoms with E-state index in [0.717, 1.165) is 38.9 Å². The molecule has 0 radical (unpaired) electrons. The zero-order valence-electron chi connectivity index (χ0n) is 11.6. The number of terminal acetylenes is 1. The minimum absolute atomic E-state index is 0.242. The van der Waals surface area contributed by atoms with Crippen molar-refractivity contribution in [2.24, 2.45) is 0 Å². The molecule has 0 bridgehead atoms. The van der Waals surface area contributed by atoms with Gasteiger partial charge in [0.2, 0.25) is 17.2 Å². The molecule has 1 N–H and O–H groups in total. The fourth-order valence-corrected chi connectivity index (χ4v) is 2.36. The van der Waals surface area contributed by atoms with Gasteiger partial charge in [0.05, 0.1) is 0 Å². The minimum atomic E-state index is 0.242. The van der Waals surface area contributed by atoms with Crippen molar-refractivity contribution >= 4 is 23.5 Å². The lowest BCUT2D eigenvalue weighted by atomic mass is 10.1. The standard InChI is InChI=1S/C14H20ClN5/c1-2-3-4-6-9-16-13-17-12(15)18-14(19-13)20-10-7-5-8-11-20/h1H,3-11H2,(H,16,17,18,19). The topological polar surface area (TPSA) is 53.9 Å². The van der Waals surface area contributed by atoms with E-state index >= 15 is 0 Å². The number of halogens is 1. The maximum absolute atomic E-state index is 5.98. The Morgan fingerprint density at radius 3 is 2.70 bits per heavy atom. The monoisotopic (exact) mass is 293 g/mol. The quantitative estimate of drug-likeness (QED) is 0.645. The van der Waals surface area contributed by atoms with Crippen LogP contribution >= 0.6 is 11.6 Å². The van der Waals surface area contributed by atoms with E-state index in [1.165, 1.54) is 19.3 Å². The van der Waals surface area contributed by atoms with Gasteiger partial charge in [0, 0.05) is 26.1 Å². The van der Waals surface area contributed by atoms with Crippen molar-refractivity contribution in [3.8, 4) is 12.3 Å². The number of nitrogens with one attached hydrogen (secondary N) is 1. The largest absolute Gasteiger partial charge is 0.354 e. The summed E-state index contributed by atoms with van der Waals surface area (Å²) in [6.45, 7) is 2.77. The Morgan fingerprint density at radius 1 is 1.15 bits per heavy atom. The fraction of sp³-hybridized carbons (Fsp3) is 0.643. The third-order valence-corrected chi connectivity index (χ3v) is 3.44. The van der Waals surface area contributed by atoms with Crippen LogP contribution in [0.2, 0.25) is 5.28 Å². The lowest BCUT2D eigenvalue weighted by Gasteiger charge is -2.26. The Bertz CT molecular complexity index is 465. The van der Waals surface area contributed by atoms with E-state index in [4.69, 9.17) is 18.0 Å². The van der Waals surface area contributed by atoms with Crippen LogP contribution in [0, 0.1) is 12.3 Å². The third kappa shape index (κ3) is 4.53. The molecule has 0 aromatic carbocycles. The van der Waals surface area contributed by atoms with Crippen LogP contribution in [0.5, 0.6) is 0 Å². The van der Waals surface area contributed by atoms with Crippen LogP contribution in [0.1, 0.15) is 38.5 Å². The zero-order valence-corrected chi connectivity index (χ0v) is 12.4. The molecule has 6 heteroatoms. The van der Waals surface area contributed by atoms with Gasteiger partial charge in [-0.1, -0.05) is 0 Å². The first-order chi connectivity index (χ1) is 9.79. The van der Waals surface area contributed by atoms with Crippen LogP contribution in [0.25, 0.3) is 0 Å². The predicted molar refractivity (Wildman–Crippen MR) is 82.1 cm³/mol. The van der Waals surface area contributed by atoms with Gasteiger partial charge in [-0.15, -0.1) is 12.3 Å². The van der Waals surface area contributed by atoms with Gasteiger partial charge in [0.15, 0.2) is 0 Å². The average molecular weight is 294 g/mol. The normalized spacial score (nSPS) is 14.9. The predicted octanol–water partition coefficient (Wildman–Crippen LogP) is 2.73. The number of anilines is 2. The number of piperidine rings is 1. The summed E-state index contributed by atoms with van der Waals surface area (Å²) in [6.07, 6.45) is 11.6. The Morgan fingerprint density at radius 2 is 1.95 bits per heavy atom. The highest BCUT2D eigenvalue weighted by Gasteiger charge is 2.15. The number of hydrogen-bond acceptors (Lipinski definition) is 5. The molecule has 20 heavy (non-hydrogen) atoms. The fourth-order valence-electron chi connectivity index (χ4n) is 2.21. The maximum Gasteiger partial charge on any atom is 0.231 e. The molecule has 1 saturated heterocycles. The molecule has 0 amide bonds. The van der Waals surface area contributed by atoms with Gasteiger partial charge < -0.3 is 10.2 Å². The molecule has 0 unspecified atom stereocenters. The van der Waals surface area contributed by atoms with Crippen LogP contribution < -0.4 is 10.2 Å². The highest BCUT2D eigenvalue weighted by molar-refractivity contribution is 6.28. The molecule has 108 valence electrons. The minimum Gasteiger partial charge on any atom is -0.354 e. The van der Waals surface area contributed by atoms with E-state index in [0.29, 0.717) is 11.9 Å². The highest BCUT2D eigenvalue weighted by Crippen LogP contribution is 2.18. The summed E-state index contributed by atoms with van der Waals surface area (Å²) < 4.78 is 0. The van der Waals surface area contributed by atoms with Crippen LogP contribution in [0.3, 0.4) is 0 Å². The molecule has 1 fully saturated rings. The van der Waals surface area contributed by atoms with Gasteiger partial charge in [-0.2, -0.15) is 15.0 Å². The van der Waals surface area contributed by atoms with Gasteiger partial charge in [-0.25, -0.2) is 0 Å². The highest BCUT2D eigenvalue weighted by atomic mass is 35.5. The van der Waals surface area contributed by atoms with Crippen LogP contribution in [0.15, 0.2) is 0 Å². The van der Waals surface area contributed by atoms with E-state index in [-0.39, 0.29) is 5.28 Å². The first-order valence-electron chi connectivity index (χ1n) is 7.13. The van der Waals surface area contributed by atoms with E-state index in [1.54, 1.807) is 0 Å². The van der Waals surface area contributed by atoms with Gasteiger partial charge >= 0.3 is 0 Å². The Labute approximate surface area is 125 Å². The van der Waals surface area contributed by atoms with Crippen LogP contribution in [-0.4, -0.2) is 34.6 Å². The second-order valence-electron chi connectivity index (χ2n) is 4.86. The van der Waals surface area contributed by atoms with Crippen molar-refractivity contribution in [2.45, 2.75) is 38.5 Å². The average Bonchev–Trinajstić information content (AvgIpc) is 2.47. The summed E-state index contributed by atoms with van der Waals surface area (Å²) in [5.41, 5.74) is 0. The van der Waals surface area contributed by atoms with Crippen LogP contribution in [-0.2, 0) is 0 Å². The molecular formula is C14H20ClN5. The molecule has 0 saturated carbocycles. The number of aromatic nitrogens is 3. The molecule has 2 rings (SSSR count). The Balaban J connectivity index is 1.92. The molecular weight excluding hydrogens is 274 g/mol. The SMILES string of the molecule is C#CCCCCNc1nc(Cl)nc(N2CCCCC2)n1. The number of hydrogen-bond donors (Lipinski definition) is 1. The van der Waals surface area contributed by atoms with E-state index in [2.05, 4.69) is 31.1 Å². The van der Waals surface area contributed by atoms with Gasteiger partial charge in [0.1, 0.15) is 0 Å². The van der Waals surface area contributed by atoms with E-state index in [1.807, 2.05) is 0 Å². The lowest BCUT2D eigenvalue weighted by Crippen LogP contribution is -2.31. The number of unbranched alkanes of at least 4 members (excludes halogenated alkanes) is 2. The molecule has 1 aromatic heterocycles. The zero-order chi connectivity index (χ0) is 14.2. The van der Waals surface area contributed by atoms with Crippen molar-refractivity contribution in [1.82, 2.24) is 15.0 Å². The molecule has 1 aliphatic heterocycles. The van der Waals surface area contributed by atoms with Crippen molar-refractivity contribution in [2.75, 3.05) is 29.9 Å². The van der Waals surface area contributed by atoms with Gasteiger partial charge in [-0.3, -0.25) is 0 Å². The summed E-state index contributed by atoms with van der Waals surface area (Å²) >= 11 is 5.98. The lowest BCUT2D eigenvalue weighted by molar-refractivity contribution is 0.567. The Hall–Kier alpha value is -1.54.